The van der Waals surface area contributed by atoms with E-state index in [9.17, 15) is 4.79 Å². The molecule has 2 aromatic heterocycles. The largest absolute Gasteiger partial charge is 0.350 e. The van der Waals surface area contributed by atoms with E-state index in [4.69, 9.17) is 4.52 Å². The number of benzene rings is 1. The topological polar surface area (TPSA) is 68.0 Å². The molecule has 0 saturated carbocycles. The van der Waals surface area contributed by atoms with Crippen LogP contribution in [0.4, 0.5) is 0 Å². The van der Waals surface area contributed by atoms with Crippen LogP contribution in [0.2, 0.25) is 0 Å². The van der Waals surface area contributed by atoms with Crippen molar-refractivity contribution in [2.45, 2.75) is 39.7 Å². The molecule has 2 heterocycles. The van der Waals surface area contributed by atoms with Crippen molar-refractivity contribution >= 4 is 17.0 Å². The number of aromatic nitrogens is 2. The molecule has 1 aromatic carbocycles. The molecule has 0 fully saturated rings. The van der Waals surface area contributed by atoms with Crippen LogP contribution in [0.25, 0.3) is 11.1 Å². The van der Waals surface area contributed by atoms with Gasteiger partial charge in [0.1, 0.15) is 0 Å². The fraction of sp³-hybridized carbons (Fsp3) is 0.316. The molecule has 5 nitrogen and oxygen atoms in total. The maximum absolute atomic E-state index is 12.7. The predicted octanol–water partition coefficient (Wildman–Crippen LogP) is 3.59. The SMILES string of the molecule is Cc1cc(C(=O)N[C@H](C)CCc2ccccc2)c2c(C)noc2n1. The van der Waals surface area contributed by atoms with Crippen molar-refractivity contribution in [3.05, 3.63) is 58.9 Å². The van der Waals surface area contributed by atoms with Gasteiger partial charge in [-0.15, -0.1) is 0 Å². The fourth-order valence-electron chi connectivity index (χ4n) is 2.80. The van der Waals surface area contributed by atoms with Gasteiger partial charge in [-0.3, -0.25) is 4.79 Å². The van der Waals surface area contributed by atoms with E-state index in [1.54, 1.807) is 6.07 Å². The second-order valence-corrected chi connectivity index (χ2v) is 6.16. The molecule has 0 saturated heterocycles. The number of amides is 1. The van der Waals surface area contributed by atoms with Gasteiger partial charge in [-0.2, -0.15) is 0 Å². The zero-order valence-corrected chi connectivity index (χ0v) is 14.2. The molecule has 0 unspecified atom stereocenters. The van der Waals surface area contributed by atoms with Gasteiger partial charge >= 0.3 is 0 Å². The smallest absolute Gasteiger partial charge is 0.258 e. The first-order chi connectivity index (χ1) is 11.5. The average molecular weight is 323 g/mol. The van der Waals surface area contributed by atoms with E-state index in [-0.39, 0.29) is 11.9 Å². The molecule has 1 amide bonds. The van der Waals surface area contributed by atoms with Crippen molar-refractivity contribution in [2.24, 2.45) is 0 Å². The number of pyridine rings is 1. The van der Waals surface area contributed by atoms with Crippen molar-refractivity contribution in [2.75, 3.05) is 0 Å². The summed E-state index contributed by atoms with van der Waals surface area (Å²) in [6.07, 6.45) is 1.81. The minimum Gasteiger partial charge on any atom is -0.350 e. The first kappa shape index (κ1) is 16.2. The Morgan fingerprint density at radius 1 is 1.25 bits per heavy atom. The van der Waals surface area contributed by atoms with Crippen molar-refractivity contribution < 1.29 is 9.32 Å². The lowest BCUT2D eigenvalue weighted by Gasteiger charge is -2.14. The summed E-state index contributed by atoms with van der Waals surface area (Å²) in [4.78, 5) is 17.0. The standard InChI is InChI=1S/C19H21N3O2/c1-12(9-10-15-7-5-4-6-8-15)20-18(23)16-11-13(2)21-19-17(16)14(3)22-24-19/h4-8,11-12H,9-10H2,1-3H3,(H,20,23)/t12-/m1/s1. The summed E-state index contributed by atoms with van der Waals surface area (Å²) in [5, 5.41) is 7.67. The summed E-state index contributed by atoms with van der Waals surface area (Å²) in [5.41, 5.74) is 3.67. The molecule has 0 radical (unpaired) electrons. The van der Waals surface area contributed by atoms with E-state index in [1.165, 1.54) is 5.56 Å². The number of rotatable bonds is 5. The van der Waals surface area contributed by atoms with Gasteiger partial charge in [-0.1, -0.05) is 35.5 Å². The third-order valence-corrected chi connectivity index (χ3v) is 4.08. The molecular weight excluding hydrogens is 302 g/mol. The summed E-state index contributed by atoms with van der Waals surface area (Å²) in [6.45, 7) is 5.68. The summed E-state index contributed by atoms with van der Waals surface area (Å²) in [5.74, 6) is -0.114. The van der Waals surface area contributed by atoms with Crippen molar-refractivity contribution in [1.82, 2.24) is 15.5 Å². The van der Waals surface area contributed by atoms with Gasteiger partial charge in [0.05, 0.1) is 16.6 Å². The maximum atomic E-state index is 12.7. The third-order valence-electron chi connectivity index (χ3n) is 4.08. The summed E-state index contributed by atoms with van der Waals surface area (Å²) >= 11 is 0. The Kier molecular flexibility index (Phi) is 4.60. The third kappa shape index (κ3) is 3.45. The fourth-order valence-corrected chi connectivity index (χ4v) is 2.80. The van der Waals surface area contributed by atoms with Gasteiger partial charge in [0, 0.05) is 11.7 Å². The Bertz CT molecular complexity index is 856. The number of carbonyl (C=O) groups excluding carboxylic acids is 1. The lowest BCUT2D eigenvalue weighted by molar-refractivity contribution is 0.0940. The van der Waals surface area contributed by atoms with Crippen LogP contribution in [0.3, 0.4) is 0 Å². The Morgan fingerprint density at radius 2 is 2.00 bits per heavy atom. The first-order valence-electron chi connectivity index (χ1n) is 8.13. The molecule has 5 heteroatoms. The minimum atomic E-state index is -0.114. The highest BCUT2D eigenvalue weighted by molar-refractivity contribution is 6.06. The van der Waals surface area contributed by atoms with Gasteiger partial charge in [0.25, 0.3) is 11.6 Å². The Morgan fingerprint density at radius 3 is 2.75 bits per heavy atom. The quantitative estimate of drug-likeness (QED) is 0.779. The van der Waals surface area contributed by atoms with Crippen LogP contribution in [0.1, 0.15) is 40.7 Å². The van der Waals surface area contributed by atoms with Crippen LogP contribution >= 0.6 is 0 Å². The van der Waals surface area contributed by atoms with Gasteiger partial charge in [-0.25, -0.2) is 4.98 Å². The first-order valence-corrected chi connectivity index (χ1v) is 8.13. The van der Waals surface area contributed by atoms with Crippen LogP contribution < -0.4 is 5.32 Å². The monoisotopic (exact) mass is 323 g/mol. The summed E-state index contributed by atoms with van der Waals surface area (Å²) in [7, 11) is 0. The highest BCUT2D eigenvalue weighted by Crippen LogP contribution is 2.22. The van der Waals surface area contributed by atoms with Gasteiger partial charge in [0.15, 0.2) is 0 Å². The Labute approximate surface area is 141 Å². The molecule has 124 valence electrons. The number of carbonyl (C=O) groups is 1. The lowest BCUT2D eigenvalue weighted by Crippen LogP contribution is -2.33. The predicted molar refractivity (Wildman–Crippen MR) is 93.0 cm³/mol. The number of fused-ring (bicyclic) bond motifs is 1. The van der Waals surface area contributed by atoms with Crippen molar-refractivity contribution in [3.8, 4) is 0 Å². The van der Waals surface area contributed by atoms with E-state index in [0.717, 1.165) is 18.5 Å². The maximum Gasteiger partial charge on any atom is 0.258 e. The molecule has 0 aliphatic heterocycles. The van der Waals surface area contributed by atoms with Gasteiger partial charge in [-0.05, 0) is 45.2 Å². The molecule has 3 aromatic rings. The Hall–Kier alpha value is -2.69. The molecule has 1 N–H and O–H groups in total. The second kappa shape index (κ2) is 6.83. The van der Waals surface area contributed by atoms with Gasteiger partial charge in [0.2, 0.25) is 0 Å². The zero-order valence-electron chi connectivity index (χ0n) is 14.2. The molecule has 0 aliphatic rings. The average Bonchev–Trinajstić information content (AvgIpc) is 2.94. The van der Waals surface area contributed by atoms with E-state index in [0.29, 0.717) is 22.4 Å². The highest BCUT2D eigenvalue weighted by atomic mass is 16.5. The number of hydrogen-bond donors (Lipinski definition) is 1. The van der Waals surface area contributed by atoms with Crippen LogP contribution in [0, 0.1) is 13.8 Å². The molecule has 0 aliphatic carbocycles. The second-order valence-electron chi connectivity index (χ2n) is 6.16. The molecule has 1 atom stereocenters. The molecular formula is C19H21N3O2. The van der Waals surface area contributed by atoms with Gasteiger partial charge < -0.3 is 9.84 Å². The normalized spacial score (nSPS) is 12.3. The van der Waals surface area contributed by atoms with Crippen molar-refractivity contribution in [1.29, 1.82) is 0 Å². The number of hydrogen-bond acceptors (Lipinski definition) is 4. The number of nitrogens with one attached hydrogen (secondary N) is 1. The minimum absolute atomic E-state index is 0.0707. The summed E-state index contributed by atoms with van der Waals surface area (Å²) in [6, 6.07) is 12.1. The van der Waals surface area contributed by atoms with E-state index in [1.807, 2.05) is 39.0 Å². The van der Waals surface area contributed by atoms with Crippen LogP contribution in [-0.4, -0.2) is 22.1 Å². The lowest BCUT2D eigenvalue weighted by atomic mass is 10.1. The zero-order chi connectivity index (χ0) is 17.1. The molecule has 3 rings (SSSR count). The van der Waals surface area contributed by atoms with E-state index in [2.05, 4.69) is 27.6 Å². The van der Waals surface area contributed by atoms with Crippen molar-refractivity contribution in [3.63, 3.8) is 0 Å². The number of nitrogens with zero attached hydrogens (tertiary/aromatic N) is 2. The Balaban J connectivity index is 1.72. The van der Waals surface area contributed by atoms with Crippen LogP contribution in [0.15, 0.2) is 40.9 Å². The summed E-state index contributed by atoms with van der Waals surface area (Å²) < 4.78 is 5.19. The molecule has 24 heavy (non-hydrogen) atoms. The molecule has 0 spiro atoms. The number of aryl methyl sites for hydroxylation is 3. The van der Waals surface area contributed by atoms with E-state index < -0.39 is 0 Å². The molecule has 0 bridgehead atoms. The highest BCUT2D eigenvalue weighted by Gasteiger charge is 2.19. The van der Waals surface area contributed by atoms with Crippen LogP contribution in [-0.2, 0) is 6.42 Å². The van der Waals surface area contributed by atoms with E-state index >= 15 is 0 Å². The van der Waals surface area contributed by atoms with Crippen LogP contribution in [0.5, 0.6) is 0 Å².